The Balaban J connectivity index is 2.44. The molecule has 0 aliphatic carbocycles. The molecule has 0 aliphatic rings. The molecule has 0 N–H and O–H groups in total. The number of Topliss-reactive ketones (excluding diaryl/α,β-unsaturated/α-hetero) is 1. The molecule has 15 heavy (non-hydrogen) atoms. The molecule has 0 saturated carbocycles. The van der Waals surface area contributed by atoms with E-state index in [0.717, 1.165) is 6.42 Å². The Kier molecular flexibility index (Phi) is 4.98. The predicted octanol–water partition coefficient (Wildman–Crippen LogP) is 2.83. The lowest BCUT2D eigenvalue weighted by Gasteiger charge is -2.03. The lowest BCUT2D eigenvalue weighted by atomic mass is 10.1. The highest BCUT2D eigenvalue weighted by Gasteiger charge is 2.09. The Morgan fingerprint density at radius 2 is 2.07 bits per heavy atom. The zero-order valence-corrected chi connectivity index (χ0v) is 8.83. The van der Waals surface area contributed by atoms with E-state index in [9.17, 15) is 9.18 Å². The summed E-state index contributed by atoms with van der Waals surface area (Å²) in [4.78, 5) is 11.5. The van der Waals surface area contributed by atoms with Crippen molar-refractivity contribution in [2.24, 2.45) is 0 Å². The molecule has 82 valence electrons. The van der Waals surface area contributed by atoms with E-state index in [1.807, 2.05) is 6.92 Å². The van der Waals surface area contributed by atoms with Crippen LogP contribution in [0.4, 0.5) is 4.39 Å². The molecule has 0 fully saturated rings. The van der Waals surface area contributed by atoms with Crippen LogP contribution in [0.5, 0.6) is 0 Å². The zero-order chi connectivity index (χ0) is 11.1. The van der Waals surface area contributed by atoms with E-state index in [2.05, 4.69) is 0 Å². The summed E-state index contributed by atoms with van der Waals surface area (Å²) in [6.07, 6.45) is 1.16. The van der Waals surface area contributed by atoms with Gasteiger partial charge in [-0.25, -0.2) is 4.39 Å². The first-order chi connectivity index (χ1) is 7.25. The van der Waals surface area contributed by atoms with Crippen molar-refractivity contribution in [3.63, 3.8) is 0 Å². The molecule has 0 aromatic heterocycles. The molecule has 0 amide bonds. The molecule has 0 aliphatic heterocycles. The topological polar surface area (TPSA) is 26.3 Å². The third kappa shape index (κ3) is 3.80. The van der Waals surface area contributed by atoms with E-state index in [1.54, 1.807) is 12.1 Å². The fourth-order valence-corrected chi connectivity index (χ4v) is 1.23. The standard InChI is InChI=1S/C12H15FO2/c1-2-8-15-9-7-12(14)10-5-3-4-6-11(10)13/h3-6H,2,7-9H2,1H3. The molecule has 2 nitrogen and oxygen atoms in total. The Hall–Kier alpha value is -1.22. The molecule has 0 radical (unpaired) electrons. The summed E-state index contributed by atoms with van der Waals surface area (Å²) in [5.74, 6) is -0.665. The maximum Gasteiger partial charge on any atom is 0.168 e. The van der Waals surface area contributed by atoms with Crippen LogP contribution in [0.1, 0.15) is 30.1 Å². The Morgan fingerprint density at radius 3 is 2.73 bits per heavy atom. The van der Waals surface area contributed by atoms with E-state index in [4.69, 9.17) is 4.74 Å². The van der Waals surface area contributed by atoms with Crippen LogP contribution in [0, 0.1) is 5.82 Å². The lowest BCUT2D eigenvalue weighted by molar-refractivity contribution is 0.0875. The number of ketones is 1. The molecule has 0 heterocycles. The molecule has 1 rings (SSSR count). The Labute approximate surface area is 89.1 Å². The molecule has 0 bridgehead atoms. The highest BCUT2D eigenvalue weighted by molar-refractivity contribution is 5.96. The van der Waals surface area contributed by atoms with Crippen LogP contribution in [-0.4, -0.2) is 19.0 Å². The van der Waals surface area contributed by atoms with Crippen LogP contribution in [0.25, 0.3) is 0 Å². The van der Waals surface area contributed by atoms with Gasteiger partial charge in [0.1, 0.15) is 5.82 Å². The number of carbonyl (C=O) groups excluding carboxylic acids is 1. The van der Waals surface area contributed by atoms with Crippen LogP contribution in [-0.2, 0) is 4.74 Å². The van der Waals surface area contributed by atoms with E-state index >= 15 is 0 Å². The third-order valence-electron chi connectivity index (χ3n) is 2.00. The van der Waals surface area contributed by atoms with Gasteiger partial charge in [0.05, 0.1) is 12.2 Å². The van der Waals surface area contributed by atoms with Crippen molar-refractivity contribution in [2.45, 2.75) is 19.8 Å². The number of hydrogen-bond acceptors (Lipinski definition) is 2. The number of halogens is 1. The fraction of sp³-hybridized carbons (Fsp3) is 0.417. The van der Waals surface area contributed by atoms with Crippen LogP contribution in [0.2, 0.25) is 0 Å². The summed E-state index contributed by atoms with van der Waals surface area (Å²) in [6.45, 7) is 3.00. The molecule has 3 heteroatoms. The van der Waals surface area contributed by atoms with Gasteiger partial charge in [0, 0.05) is 13.0 Å². The van der Waals surface area contributed by atoms with E-state index in [0.29, 0.717) is 13.2 Å². The first-order valence-electron chi connectivity index (χ1n) is 5.11. The van der Waals surface area contributed by atoms with Gasteiger partial charge in [-0.05, 0) is 18.6 Å². The summed E-state index contributed by atoms with van der Waals surface area (Å²) in [7, 11) is 0. The third-order valence-corrected chi connectivity index (χ3v) is 2.00. The highest BCUT2D eigenvalue weighted by atomic mass is 19.1. The van der Waals surface area contributed by atoms with Gasteiger partial charge in [-0.1, -0.05) is 19.1 Å². The quantitative estimate of drug-likeness (QED) is 0.533. The lowest BCUT2D eigenvalue weighted by Crippen LogP contribution is -2.07. The summed E-state index contributed by atoms with van der Waals surface area (Å²) >= 11 is 0. The minimum Gasteiger partial charge on any atom is -0.381 e. The number of rotatable bonds is 6. The van der Waals surface area contributed by atoms with Crippen LogP contribution in [0.3, 0.4) is 0 Å². The van der Waals surface area contributed by atoms with Crippen LogP contribution < -0.4 is 0 Å². The second-order valence-corrected chi connectivity index (χ2v) is 3.27. The average Bonchev–Trinajstić information content (AvgIpc) is 2.25. The van der Waals surface area contributed by atoms with E-state index < -0.39 is 5.82 Å². The number of hydrogen-bond donors (Lipinski definition) is 0. The van der Waals surface area contributed by atoms with Gasteiger partial charge >= 0.3 is 0 Å². The fourth-order valence-electron chi connectivity index (χ4n) is 1.23. The summed E-state index contributed by atoms with van der Waals surface area (Å²) in [6, 6.07) is 6.01. The number of benzene rings is 1. The van der Waals surface area contributed by atoms with Gasteiger partial charge in [-0.2, -0.15) is 0 Å². The summed E-state index contributed by atoms with van der Waals surface area (Å²) < 4.78 is 18.3. The van der Waals surface area contributed by atoms with Crippen molar-refractivity contribution in [3.8, 4) is 0 Å². The van der Waals surface area contributed by atoms with Crippen molar-refractivity contribution >= 4 is 5.78 Å². The first-order valence-corrected chi connectivity index (χ1v) is 5.11. The van der Waals surface area contributed by atoms with Crippen molar-refractivity contribution in [3.05, 3.63) is 35.6 Å². The molecular formula is C12H15FO2. The summed E-state index contributed by atoms with van der Waals surface area (Å²) in [5.41, 5.74) is 0.151. The second-order valence-electron chi connectivity index (χ2n) is 3.27. The van der Waals surface area contributed by atoms with Crippen molar-refractivity contribution in [1.29, 1.82) is 0 Å². The average molecular weight is 210 g/mol. The maximum absolute atomic E-state index is 13.2. The molecule has 0 atom stereocenters. The molecule has 0 unspecified atom stereocenters. The van der Waals surface area contributed by atoms with Gasteiger partial charge < -0.3 is 4.74 Å². The molecule has 1 aromatic rings. The van der Waals surface area contributed by atoms with Crippen molar-refractivity contribution in [2.75, 3.05) is 13.2 Å². The van der Waals surface area contributed by atoms with Gasteiger partial charge in [0.2, 0.25) is 0 Å². The largest absolute Gasteiger partial charge is 0.381 e. The maximum atomic E-state index is 13.2. The smallest absolute Gasteiger partial charge is 0.168 e. The minimum atomic E-state index is -0.460. The minimum absolute atomic E-state index is 0.151. The monoisotopic (exact) mass is 210 g/mol. The van der Waals surface area contributed by atoms with E-state index in [1.165, 1.54) is 12.1 Å². The summed E-state index contributed by atoms with van der Waals surface area (Å²) in [5, 5.41) is 0. The van der Waals surface area contributed by atoms with Crippen molar-refractivity contribution in [1.82, 2.24) is 0 Å². The van der Waals surface area contributed by atoms with Gasteiger partial charge in [-0.15, -0.1) is 0 Å². The predicted molar refractivity (Wildman–Crippen MR) is 56.5 cm³/mol. The zero-order valence-electron chi connectivity index (χ0n) is 8.83. The van der Waals surface area contributed by atoms with Crippen LogP contribution >= 0.6 is 0 Å². The molecule has 0 spiro atoms. The van der Waals surface area contributed by atoms with Gasteiger partial charge in [-0.3, -0.25) is 4.79 Å². The molecule has 0 saturated heterocycles. The van der Waals surface area contributed by atoms with Gasteiger partial charge in [0.25, 0.3) is 0 Å². The number of carbonyl (C=O) groups is 1. The second kappa shape index (κ2) is 6.30. The molecule has 1 aromatic carbocycles. The van der Waals surface area contributed by atoms with Crippen LogP contribution in [0.15, 0.2) is 24.3 Å². The number of ether oxygens (including phenoxy) is 1. The van der Waals surface area contributed by atoms with Crippen molar-refractivity contribution < 1.29 is 13.9 Å². The SMILES string of the molecule is CCCOCCC(=O)c1ccccc1F. The highest BCUT2D eigenvalue weighted by Crippen LogP contribution is 2.09. The Bertz CT molecular complexity index is 323. The first kappa shape index (κ1) is 11.9. The Morgan fingerprint density at radius 1 is 1.33 bits per heavy atom. The normalized spacial score (nSPS) is 10.3. The van der Waals surface area contributed by atoms with Gasteiger partial charge in [0.15, 0.2) is 5.78 Å². The van der Waals surface area contributed by atoms with E-state index in [-0.39, 0.29) is 17.8 Å². The molecular weight excluding hydrogens is 195 g/mol.